The first-order valence-corrected chi connectivity index (χ1v) is 6.08. The monoisotopic (exact) mass is 250 g/mol. The summed E-state index contributed by atoms with van der Waals surface area (Å²) in [6.45, 7) is -0.250. The van der Waals surface area contributed by atoms with Gasteiger partial charge in [-0.3, -0.25) is 0 Å². The van der Waals surface area contributed by atoms with Gasteiger partial charge in [0.25, 0.3) is 10.0 Å². The smallest absolute Gasteiger partial charge is 0.271 e. The Morgan fingerprint density at radius 1 is 1.38 bits per heavy atom. The van der Waals surface area contributed by atoms with Crippen molar-refractivity contribution >= 4 is 10.0 Å². The standard InChI is InChI=1S/C8H14N2O5S/c9-16(13,14)8-2-1-7(15-8)3-10-6(4-11)5-12/h1-2,6,10-12H,3-5H2,(H2,9,13,14). The molecule has 92 valence electrons. The number of hydrogen-bond acceptors (Lipinski definition) is 6. The number of nitrogens with two attached hydrogens (primary N) is 1. The molecule has 0 amide bonds. The van der Waals surface area contributed by atoms with E-state index >= 15 is 0 Å². The minimum Gasteiger partial charge on any atom is -0.447 e. The highest BCUT2D eigenvalue weighted by atomic mass is 32.2. The van der Waals surface area contributed by atoms with Crippen LogP contribution >= 0.6 is 0 Å². The summed E-state index contributed by atoms with van der Waals surface area (Å²) in [5.74, 6) is 0.357. The van der Waals surface area contributed by atoms with Crippen molar-refractivity contribution in [2.45, 2.75) is 17.7 Å². The van der Waals surface area contributed by atoms with E-state index in [1.54, 1.807) is 0 Å². The maximum absolute atomic E-state index is 10.9. The number of aliphatic hydroxyl groups excluding tert-OH is 2. The van der Waals surface area contributed by atoms with Crippen molar-refractivity contribution in [3.63, 3.8) is 0 Å². The Balaban J connectivity index is 2.60. The lowest BCUT2D eigenvalue weighted by Crippen LogP contribution is -2.35. The lowest BCUT2D eigenvalue weighted by Gasteiger charge is -2.11. The highest BCUT2D eigenvalue weighted by molar-refractivity contribution is 7.89. The van der Waals surface area contributed by atoms with Gasteiger partial charge in [0.15, 0.2) is 0 Å². The molecule has 0 bridgehead atoms. The van der Waals surface area contributed by atoms with Gasteiger partial charge in [0.05, 0.1) is 25.8 Å². The van der Waals surface area contributed by atoms with Crippen LogP contribution in [0.5, 0.6) is 0 Å². The van der Waals surface area contributed by atoms with Crippen LogP contribution in [-0.2, 0) is 16.6 Å². The number of sulfonamides is 1. The molecule has 1 aromatic rings. The summed E-state index contributed by atoms with van der Waals surface area (Å²) in [5, 5.41) is 24.9. The first kappa shape index (κ1) is 13.1. The number of hydrogen-bond donors (Lipinski definition) is 4. The summed E-state index contributed by atoms with van der Waals surface area (Å²) in [7, 11) is -3.82. The van der Waals surface area contributed by atoms with E-state index in [9.17, 15) is 8.42 Å². The molecule has 0 saturated heterocycles. The molecule has 5 N–H and O–H groups in total. The van der Waals surface area contributed by atoms with Gasteiger partial charge in [0, 0.05) is 0 Å². The van der Waals surface area contributed by atoms with Crippen molar-refractivity contribution < 1.29 is 23.0 Å². The number of furan rings is 1. The van der Waals surface area contributed by atoms with E-state index in [2.05, 4.69) is 5.32 Å². The fourth-order valence-electron chi connectivity index (χ4n) is 1.04. The topological polar surface area (TPSA) is 126 Å². The third kappa shape index (κ3) is 3.58. The van der Waals surface area contributed by atoms with Crippen molar-refractivity contribution in [1.29, 1.82) is 0 Å². The molecule has 0 aliphatic rings. The molecule has 0 aromatic carbocycles. The summed E-state index contributed by atoms with van der Waals surface area (Å²) in [6.07, 6.45) is 0. The van der Waals surface area contributed by atoms with Crippen molar-refractivity contribution in [1.82, 2.24) is 5.32 Å². The molecule has 0 aliphatic carbocycles. The quantitative estimate of drug-likeness (QED) is 0.480. The second kappa shape index (κ2) is 5.41. The zero-order valence-electron chi connectivity index (χ0n) is 8.46. The fraction of sp³-hybridized carbons (Fsp3) is 0.500. The first-order chi connectivity index (χ1) is 7.47. The molecule has 0 unspecified atom stereocenters. The fourth-order valence-corrected chi connectivity index (χ4v) is 1.52. The second-order valence-electron chi connectivity index (χ2n) is 3.21. The normalized spacial score (nSPS) is 12.2. The summed E-state index contributed by atoms with van der Waals surface area (Å²) < 4.78 is 26.7. The number of nitrogens with one attached hydrogen (secondary N) is 1. The van der Waals surface area contributed by atoms with Crippen molar-refractivity contribution in [3.05, 3.63) is 17.9 Å². The van der Waals surface area contributed by atoms with Gasteiger partial charge < -0.3 is 19.9 Å². The third-order valence-corrected chi connectivity index (χ3v) is 2.70. The maximum atomic E-state index is 10.9. The Kier molecular flexibility index (Phi) is 4.44. The minimum atomic E-state index is -3.82. The molecule has 0 spiro atoms. The molecular weight excluding hydrogens is 236 g/mol. The van der Waals surface area contributed by atoms with Crippen LogP contribution in [0.25, 0.3) is 0 Å². The average molecular weight is 250 g/mol. The average Bonchev–Trinajstić information content (AvgIpc) is 2.67. The lowest BCUT2D eigenvalue weighted by molar-refractivity contribution is 0.168. The molecule has 0 radical (unpaired) electrons. The maximum Gasteiger partial charge on any atom is 0.271 e. The van der Waals surface area contributed by atoms with Crippen molar-refractivity contribution in [2.75, 3.05) is 13.2 Å². The van der Waals surface area contributed by atoms with Crippen LogP contribution in [0, 0.1) is 0 Å². The van der Waals surface area contributed by atoms with E-state index in [0.29, 0.717) is 5.76 Å². The molecule has 1 heterocycles. The minimum absolute atomic E-state index is 0.196. The van der Waals surface area contributed by atoms with Crippen LogP contribution in [0.3, 0.4) is 0 Å². The first-order valence-electron chi connectivity index (χ1n) is 4.54. The van der Waals surface area contributed by atoms with Gasteiger partial charge in [-0.05, 0) is 12.1 Å². The highest BCUT2D eigenvalue weighted by Gasteiger charge is 2.13. The van der Waals surface area contributed by atoms with Crippen molar-refractivity contribution in [3.8, 4) is 0 Å². The Morgan fingerprint density at radius 3 is 2.44 bits per heavy atom. The highest BCUT2D eigenvalue weighted by Crippen LogP contribution is 2.11. The summed E-state index contributed by atoms with van der Waals surface area (Å²) in [5.41, 5.74) is 0. The van der Waals surface area contributed by atoms with Crippen LogP contribution in [0.1, 0.15) is 5.76 Å². The van der Waals surface area contributed by atoms with Gasteiger partial charge in [-0.15, -0.1) is 0 Å². The number of rotatable bonds is 6. The Morgan fingerprint density at radius 2 is 2.00 bits per heavy atom. The van der Waals surface area contributed by atoms with Crippen molar-refractivity contribution in [2.24, 2.45) is 5.14 Å². The number of aliphatic hydroxyl groups is 2. The van der Waals surface area contributed by atoms with Gasteiger partial charge in [-0.25, -0.2) is 13.6 Å². The van der Waals surface area contributed by atoms with Gasteiger partial charge in [0.2, 0.25) is 5.09 Å². The Hall–Kier alpha value is -0.930. The molecule has 8 heteroatoms. The molecule has 7 nitrogen and oxygen atoms in total. The van der Waals surface area contributed by atoms with E-state index in [0.717, 1.165) is 0 Å². The van der Waals surface area contributed by atoms with E-state index in [1.807, 2.05) is 0 Å². The predicted molar refractivity (Wildman–Crippen MR) is 54.9 cm³/mol. The van der Waals surface area contributed by atoms with Gasteiger partial charge in [-0.2, -0.15) is 0 Å². The molecule has 1 rings (SSSR count). The van der Waals surface area contributed by atoms with Crippen LogP contribution in [0.4, 0.5) is 0 Å². The molecule has 0 aliphatic heterocycles. The molecule has 1 aromatic heterocycles. The second-order valence-corrected chi connectivity index (χ2v) is 4.70. The molecule has 0 saturated carbocycles. The summed E-state index contributed by atoms with van der Waals surface area (Å²) in [4.78, 5) is 0. The summed E-state index contributed by atoms with van der Waals surface area (Å²) in [6, 6.07) is 2.24. The van der Waals surface area contributed by atoms with E-state index < -0.39 is 16.1 Å². The third-order valence-electron chi connectivity index (χ3n) is 1.92. The zero-order valence-corrected chi connectivity index (χ0v) is 9.27. The largest absolute Gasteiger partial charge is 0.447 e. The molecule has 0 atom stereocenters. The van der Waals surface area contributed by atoms with Crippen LogP contribution in [-0.4, -0.2) is 37.9 Å². The molecular formula is C8H14N2O5S. The Bertz CT molecular complexity index is 423. The lowest BCUT2D eigenvalue weighted by atomic mass is 10.3. The van der Waals surface area contributed by atoms with Crippen LogP contribution < -0.4 is 10.5 Å². The summed E-state index contributed by atoms with van der Waals surface area (Å²) >= 11 is 0. The Labute approximate surface area is 92.9 Å². The molecule has 16 heavy (non-hydrogen) atoms. The van der Waals surface area contributed by atoms with Gasteiger partial charge in [-0.1, -0.05) is 0 Å². The van der Waals surface area contributed by atoms with Crippen LogP contribution in [0.2, 0.25) is 0 Å². The van der Waals surface area contributed by atoms with E-state index in [4.69, 9.17) is 19.8 Å². The van der Waals surface area contributed by atoms with Gasteiger partial charge in [0.1, 0.15) is 5.76 Å². The zero-order chi connectivity index (χ0) is 12.2. The van der Waals surface area contributed by atoms with E-state index in [1.165, 1.54) is 12.1 Å². The number of primary sulfonamides is 1. The van der Waals surface area contributed by atoms with Gasteiger partial charge >= 0.3 is 0 Å². The van der Waals surface area contributed by atoms with Crippen LogP contribution in [0.15, 0.2) is 21.6 Å². The predicted octanol–water partition coefficient (Wildman–Crippen LogP) is -1.63. The molecule has 0 fully saturated rings. The SMILES string of the molecule is NS(=O)(=O)c1ccc(CNC(CO)CO)o1. The van der Waals surface area contributed by atoms with E-state index in [-0.39, 0.29) is 24.9 Å².